The lowest BCUT2D eigenvalue weighted by Crippen LogP contribution is -2.40. The van der Waals surface area contributed by atoms with Gasteiger partial charge in [-0.1, -0.05) is 18.1 Å². The van der Waals surface area contributed by atoms with Gasteiger partial charge in [-0.25, -0.2) is 4.98 Å². The Morgan fingerprint density at radius 1 is 1.36 bits per heavy atom. The third kappa shape index (κ3) is 3.56. The largest absolute Gasteiger partial charge is 0.361 e. The summed E-state index contributed by atoms with van der Waals surface area (Å²) >= 11 is 0. The Morgan fingerprint density at radius 3 is 3.04 bits per heavy atom. The van der Waals surface area contributed by atoms with Crippen LogP contribution in [0.4, 0.5) is 0 Å². The first-order valence-corrected chi connectivity index (χ1v) is 9.81. The van der Waals surface area contributed by atoms with E-state index in [2.05, 4.69) is 25.8 Å². The van der Waals surface area contributed by atoms with Crippen molar-refractivity contribution in [1.29, 1.82) is 0 Å². The van der Waals surface area contributed by atoms with E-state index in [-0.39, 0.29) is 11.8 Å². The van der Waals surface area contributed by atoms with Crippen molar-refractivity contribution in [3.63, 3.8) is 0 Å². The molecule has 4 rings (SSSR count). The molecule has 146 valence electrons. The molecule has 0 aliphatic carbocycles. The van der Waals surface area contributed by atoms with Gasteiger partial charge in [-0.15, -0.1) is 0 Å². The molecule has 1 aliphatic rings. The highest BCUT2D eigenvalue weighted by molar-refractivity contribution is 5.96. The fourth-order valence-corrected chi connectivity index (χ4v) is 3.97. The molecule has 1 aliphatic heterocycles. The Bertz CT molecular complexity index is 947. The van der Waals surface area contributed by atoms with Gasteiger partial charge in [-0.2, -0.15) is 0 Å². The second-order valence-electron chi connectivity index (χ2n) is 7.28. The normalized spacial score (nSPS) is 17.1. The van der Waals surface area contributed by atoms with Crippen LogP contribution in [0, 0.1) is 6.92 Å². The maximum absolute atomic E-state index is 13.1. The molecule has 7 heteroatoms. The average molecular weight is 379 g/mol. The number of aromatic nitrogens is 4. The smallest absolute Gasteiger partial charge is 0.259 e. The Hall–Kier alpha value is -2.96. The lowest BCUT2D eigenvalue weighted by molar-refractivity contribution is 0.0700. The van der Waals surface area contributed by atoms with Crippen LogP contribution in [0.3, 0.4) is 0 Å². The van der Waals surface area contributed by atoms with Gasteiger partial charge in [-0.05, 0) is 37.8 Å². The van der Waals surface area contributed by atoms with Crippen LogP contribution in [0.25, 0.3) is 0 Å². The summed E-state index contributed by atoms with van der Waals surface area (Å²) in [5.74, 6) is 1.86. The zero-order valence-electron chi connectivity index (χ0n) is 16.3. The second-order valence-corrected chi connectivity index (χ2v) is 7.28. The molecular weight excluding hydrogens is 354 g/mol. The first kappa shape index (κ1) is 18.4. The molecular formula is C21H25N5O2. The fourth-order valence-electron chi connectivity index (χ4n) is 3.97. The predicted octanol–water partition coefficient (Wildman–Crippen LogP) is 3.21. The van der Waals surface area contributed by atoms with Crippen molar-refractivity contribution in [2.75, 3.05) is 13.1 Å². The Morgan fingerprint density at radius 2 is 2.25 bits per heavy atom. The number of amides is 1. The highest BCUT2D eigenvalue weighted by atomic mass is 16.5. The van der Waals surface area contributed by atoms with Crippen LogP contribution in [-0.2, 0) is 13.0 Å². The monoisotopic (exact) mass is 379 g/mol. The molecule has 1 saturated heterocycles. The summed E-state index contributed by atoms with van der Waals surface area (Å²) in [4.78, 5) is 23.9. The van der Waals surface area contributed by atoms with E-state index in [0.29, 0.717) is 24.3 Å². The zero-order chi connectivity index (χ0) is 19.5. The van der Waals surface area contributed by atoms with Crippen molar-refractivity contribution < 1.29 is 9.32 Å². The van der Waals surface area contributed by atoms with Gasteiger partial charge in [-0.3, -0.25) is 9.78 Å². The van der Waals surface area contributed by atoms with Crippen LogP contribution in [0.5, 0.6) is 0 Å². The molecule has 0 radical (unpaired) electrons. The quantitative estimate of drug-likeness (QED) is 0.680. The Labute approximate surface area is 164 Å². The van der Waals surface area contributed by atoms with Gasteiger partial charge in [0.15, 0.2) is 0 Å². The zero-order valence-corrected chi connectivity index (χ0v) is 16.3. The van der Waals surface area contributed by atoms with Gasteiger partial charge in [0.05, 0.1) is 12.2 Å². The molecule has 3 aromatic rings. The first-order valence-electron chi connectivity index (χ1n) is 9.81. The summed E-state index contributed by atoms with van der Waals surface area (Å²) < 4.78 is 7.43. The standard InChI is InChI=1S/C21H25N5O2/c1-3-18-19(15(2)28-24-18)21(27)26-10-5-7-17(14-26)20-23-9-11-25(20)13-16-6-4-8-22-12-16/h4,6,8-9,11-12,17H,3,5,7,10,13-14H2,1-2H3/t17-/m0/s1. The van der Waals surface area contributed by atoms with Gasteiger partial charge in [0.25, 0.3) is 5.91 Å². The molecule has 3 aromatic heterocycles. The van der Waals surface area contributed by atoms with E-state index in [0.717, 1.165) is 43.0 Å². The summed E-state index contributed by atoms with van der Waals surface area (Å²) in [5, 5.41) is 4.04. The van der Waals surface area contributed by atoms with E-state index < -0.39 is 0 Å². The highest BCUT2D eigenvalue weighted by Crippen LogP contribution is 2.28. The SMILES string of the molecule is CCc1noc(C)c1C(=O)N1CCC[C@H](c2nccn2Cc2cccnc2)C1. The summed E-state index contributed by atoms with van der Waals surface area (Å²) in [6.45, 7) is 5.95. The third-order valence-electron chi connectivity index (χ3n) is 5.38. The van der Waals surface area contributed by atoms with Crippen molar-refractivity contribution in [2.24, 2.45) is 0 Å². The minimum Gasteiger partial charge on any atom is -0.361 e. The number of carbonyl (C=O) groups excluding carboxylic acids is 1. The molecule has 0 N–H and O–H groups in total. The van der Waals surface area contributed by atoms with Crippen molar-refractivity contribution >= 4 is 5.91 Å². The van der Waals surface area contributed by atoms with Crippen LogP contribution < -0.4 is 0 Å². The number of pyridine rings is 1. The van der Waals surface area contributed by atoms with Crippen molar-refractivity contribution in [3.05, 3.63) is 65.3 Å². The first-order chi connectivity index (χ1) is 13.7. The van der Waals surface area contributed by atoms with Crippen molar-refractivity contribution in [3.8, 4) is 0 Å². The molecule has 0 unspecified atom stereocenters. The van der Waals surface area contributed by atoms with Crippen molar-refractivity contribution in [2.45, 2.75) is 45.6 Å². The topological polar surface area (TPSA) is 77.0 Å². The maximum atomic E-state index is 13.1. The number of rotatable bonds is 5. The third-order valence-corrected chi connectivity index (χ3v) is 5.38. The van der Waals surface area contributed by atoms with E-state index in [9.17, 15) is 4.79 Å². The average Bonchev–Trinajstić information content (AvgIpc) is 3.34. The van der Waals surface area contributed by atoms with Crippen LogP contribution in [0.2, 0.25) is 0 Å². The van der Waals surface area contributed by atoms with Crippen LogP contribution in [0.15, 0.2) is 41.4 Å². The number of imidazole rings is 1. The van der Waals surface area contributed by atoms with Gasteiger partial charge >= 0.3 is 0 Å². The summed E-state index contributed by atoms with van der Waals surface area (Å²) in [5.41, 5.74) is 2.50. The molecule has 1 atom stereocenters. The highest BCUT2D eigenvalue weighted by Gasteiger charge is 2.31. The van der Waals surface area contributed by atoms with Gasteiger partial charge in [0, 0.05) is 43.8 Å². The minimum atomic E-state index is 0.0191. The molecule has 7 nitrogen and oxygen atoms in total. The molecule has 28 heavy (non-hydrogen) atoms. The molecule has 0 saturated carbocycles. The van der Waals surface area contributed by atoms with Crippen LogP contribution in [0.1, 0.15) is 58.9 Å². The molecule has 0 aromatic carbocycles. The number of nitrogens with zero attached hydrogens (tertiary/aromatic N) is 5. The number of carbonyl (C=O) groups is 1. The van der Waals surface area contributed by atoms with E-state index in [1.807, 2.05) is 36.5 Å². The number of aryl methyl sites for hydroxylation is 2. The Kier molecular flexibility index (Phi) is 5.23. The van der Waals surface area contributed by atoms with Crippen LogP contribution in [-0.4, -0.2) is 43.6 Å². The maximum Gasteiger partial charge on any atom is 0.259 e. The lowest BCUT2D eigenvalue weighted by Gasteiger charge is -2.32. The molecule has 0 spiro atoms. The van der Waals surface area contributed by atoms with Crippen molar-refractivity contribution in [1.82, 2.24) is 24.6 Å². The van der Waals surface area contributed by atoms with E-state index in [1.165, 1.54) is 0 Å². The second kappa shape index (κ2) is 7.96. The predicted molar refractivity (Wildman–Crippen MR) is 104 cm³/mol. The van der Waals surface area contributed by atoms with E-state index >= 15 is 0 Å². The number of hydrogen-bond donors (Lipinski definition) is 0. The number of hydrogen-bond acceptors (Lipinski definition) is 5. The molecule has 1 fully saturated rings. The molecule has 1 amide bonds. The minimum absolute atomic E-state index is 0.0191. The van der Waals surface area contributed by atoms with Crippen LogP contribution >= 0.6 is 0 Å². The summed E-state index contributed by atoms with van der Waals surface area (Å²) in [7, 11) is 0. The Balaban J connectivity index is 1.53. The lowest BCUT2D eigenvalue weighted by atomic mass is 9.96. The summed E-state index contributed by atoms with van der Waals surface area (Å²) in [6.07, 6.45) is 10.2. The van der Waals surface area contributed by atoms with E-state index in [1.54, 1.807) is 13.1 Å². The fraction of sp³-hybridized carbons (Fsp3) is 0.429. The molecule has 4 heterocycles. The summed E-state index contributed by atoms with van der Waals surface area (Å²) in [6, 6.07) is 4.01. The number of likely N-dealkylation sites (tertiary alicyclic amines) is 1. The van der Waals surface area contributed by atoms with Gasteiger partial charge < -0.3 is 14.0 Å². The van der Waals surface area contributed by atoms with E-state index in [4.69, 9.17) is 4.52 Å². The van der Waals surface area contributed by atoms with Gasteiger partial charge in [0.1, 0.15) is 17.1 Å². The van der Waals surface area contributed by atoms with Gasteiger partial charge in [0.2, 0.25) is 0 Å². The molecule has 0 bridgehead atoms. The number of piperidine rings is 1.